The molecule has 0 atom stereocenters. The molecule has 0 amide bonds. The largest absolute Gasteiger partial charge is 0.489 e. The number of aromatic nitrogens is 3. The van der Waals surface area contributed by atoms with E-state index in [1.54, 1.807) is 31.2 Å². The highest BCUT2D eigenvalue weighted by Crippen LogP contribution is 2.21. The summed E-state index contributed by atoms with van der Waals surface area (Å²) in [7, 11) is 0. The van der Waals surface area contributed by atoms with Gasteiger partial charge in [0.1, 0.15) is 23.9 Å². The molecule has 3 rings (SSSR count). The van der Waals surface area contributed by atoms with Gasteiger partial charge in [0, 0.05) is 5.56 Å². The summed E-state index contributed by atoms with van der Waals surface area (Å²) in [5.41, 5.74) is 3.62. The van der Waals surface area contributed by atoms with Gasteiger partial charge in [-0.15, -0.1) is 0 Å². The van der Waals surface area contributed by atoms with Crippen LogP contribution in [0.15, 0.2) is 52.4 Å². The van der Waals surface area contributed by atoms with Crippen LogP contribution in [0.5, 0.6) is 5.75 Å². The molecule has 27 heavy (non-hydrogen) atoms. The van der Waals surface area contributed by atoms with Crippen molar-refractivity contribution in [3.63, 3.8) is 0 Å². The molecule has 9 heteroatoms. The maximum atomic E-state index is 13.8. The number of aromatic amines is 1. The maximum Gasteiger partial charge on any atom is 0.363 e. The summed E-state index contributed by atoms with van der Waals surface area (Å²) in [5, 5.41) is 10.4. The SMILES string of the molecule is Cc1n[nH]c(=O)nc1N/N=C/c1cccc(OCc2c(F)cccc2Cl)c1. The van der Waals surface area contributed by atoms with Crippen LogP contribution >= 0.6 is 11.6 Å². The minimum absolute atomic E-state index is 0.00588. The van der Waals surface area contributed by atoms with Gasteiger partial charge in [0.25, 0.3) is 0 Å². The molecule has 0 aliphatic rings. The summed E-state index contributed by atoms with van der Waals surface area (Å²) < 4.78 is 19.4. The third-order valence-corrected chi connectivity index (χ3v) is 3.92. The number of nitrogens with one attached hydrogen (secondary N) is 2. The van der Waals surface area contributed by atoms with Crippen LogP contribution in [0, 0.1) is 12.7 Å². The Morgan fingerprint density at radius 1 is 1.33 bits per heavy atom. The third kappa shape index (κ3) is 4.89. The Morgan fingerprint density at radius 3 is 2.96 bits per heavy atom. The molecule has 0 radical (unpaired) electrons. The Labute approximate surface area is 158 Å². The molecule has 0 fully saturated rings. The monoisotopic (exact) mass is 387 g/mol. The van der Waals surface area contributed by atoms with E-state index < -0.39 is 11.5 Å². The Kier molecular flexibility index (Phi) is 5.77. The first-order chi connectivity index (χ1) is 13.0. The molecule has 0 aliphatic carbocycles. The number of hydrazone groups is 1. The molecule has 2 aromatic carbocycles. The number of hydrogen-bond donors (Lipinski definition) is 2. The fourth-order valence-electron chi connectivity index (χ4n) is 2.18. The van der Waals surface area contributed by atoms with Crippen molar-refractivity contribution < 1.29 is 9.13 Å². The van der Waals surface area contributed by atoms with E-state index in [0.29, 0.717) is 22.0 Å². The van der Waals surface area contributed by atoms with E-state index in [1.807, 2.05) is 6.07 Å². The lowest BCUT2D eigenvalue weighted by Gasteiger charge is -2.09. The van der Waals surface area contributed by atoms with Crippen molar-refractivity contribution >= 4 is 23.6 Å². The molecule has 7 nitrogen and oxygen atoms in total. The van der Waals surface area contributed by atoms with E-state index in [4.69, 9.17) is 16.3 Å². The van der Waals surface area contributed by atoms with Gasteiger partial charge in [-0.3, -0.25) is 5.43 Å². The van der Waals surface area contributed by atoms with Crippen molar-refractivity contribution in [2.45, 2.75) is 13.5 Å². The van der Waals surface area contributed by atoms with Gasteiger partial charge in [-0.05, 0) is 36.8 Å². The molecular formula is C18H15ClFN5O2. The number of benzene rings is 2. The van der Waals surface area contributed by atoms with Crippen LogP contribution in [0.2, 0.25) is 5.02 Å². The smallest absolute Gasteiger partial charge is 0.363 e. The summed E-state index contributed by atoms with van der Waals surface area (Å²) in [6, 6.07) is 11.5. The normalized spacial score (nSPS) is 10.9. The second-order valence-corrected chi connectivity index (χ2v) is 5.91. The maximum absolute atomic E-state index is 13.8. The zero-order valence-electron chi connectivity index (χ0n) is 14.2. The average Bonchev–Trinajstić information content (AvgIpc) is 2.64. The number of H-pyrrole nitrogens is 1. The number of ether oxygens (including phenoxy) is 1. The lowest BCUT2D eigenvalue weighted by molar-refractivity contribution is 0.300. The Bertz CT molecular complexity index is 1020. The highest BCUT2D eigenvalue weighted by Gasteiger charge is 2.07. The summed E-state index contributed by atoms with van der Waals surface area (Å²) in [6.07, 6.45) is 1.53. The molecule has 1 heterocycles. The number of rotatable bonds is 6. The van der Waals surface area contributed by atoms with Gasteiger partial charge in [0.05, 0.1) is 11.2 Å². The van der Waals surface area contributed by atoms with E-state index in [-0.39, 0.29) is 12.4 Å². The van der Waals surface area contributed by atoms with Gasteiger partial charge in [-0.2, -0.15) is 15.2 Å². The number of hydrogen-bond acceptors (Lipinski definition) is 6. The lowest BCUT2D eigenvalue weighted by atomic mass is 10.2. The van der Waals surface area contributed by atoms with Crippen LogP contribution < -0.4 is 15.9 Å². The zero-order chi connectivity index (χ0) is 19.2. The fourth-order valence-corrected chi connectivity index (χ4v) is 2.39. The topological polar surface area (TPSA) is 92.3 Å². The molecule has 138 valence electrons. The summed E-state index contributed by atoms with van der Waals surface area (Å²) >= 11 is 5.99. The van der Waals surface area contributed by atoms with Gasteiger partial charge in [0.15, 0.2) is 5.82 Å². The number of halogens is 2. The fraction of sp³-hybridized carbons (Fsp3) is 0.111. The van der Waals surface area contributed by atoms with E-state index in [0.717, 1.165) is 5.56 Å². The molecule has 2 N–H and O–H groups in total. The first kappa shape index (κ1) is 18.5. The first-order valence-corrected chi connectivity index (χ1v) is 8.29. The molecule has 0 spiro atoms. The van der Waals surface area contributed by atoms with Crippen LogP contribution in [-0.4, -0.2) is 21.4 Å². The van der Waals surface area contributed by atoms with E-state index in [2.05, 4.69) is 25.7 Å². The number of nitrogens with zero attached hydrogens (tertiary/aromatic N) is 3. The minimum Gasteiger partial charge on any atom is -0.489 e. The summed E-state index contributed by atoms with van der Waals surface area (Å²) in [6.45, 7) is 1.69. The molecule has 0 bridgehead atoms. The number of aryl methyl sites for hydroxylation is 1. The van der Waals surface area contributed by atoms with Gasteiger partial charge in [-0.25, -0.2) is 14.3 Å². The quantitative estimate of drug-likeness (QED) is 0.500. The lowest BCUT2D eigenvalue weighted by Crippen LogP contribution is -2.15. The summed E-state index contributed by atoms with van der Waals surface area (Å²) in [5.74, 6) is 0.376. The van der Waals surface area contributed by atoms with Crippen molar-refractivity contribution in [1.29, 1.82) is 0 Å². The van der Waals surface area contributed by atoms with Gasteiger partial charge >= 0.3 is 5.69 Å². The molecule has 0 saturated carbocycles. The minimum atomic E-state index is -0.569. The molecule has 0 saturated heterocycles. The summed E-state index contributed by atoms with van der Waals surface area (Å²) in [4.78, 5) is 14.9. The molecule has 1 aromatic heterocycles. The Morgan fingerprint density at radius 2 is 2.15 bits per heavy atom. The van der Waals surface area contributed by atoms with Crippen molar-refractivity contribution in [2.24, 2.45) is 5.10 Å². The van der Waals surface area contributed by atoms with Crippen LogP contribution in [-0.2, 0) is 6.61 Å². The predicted octanol–water partition coefficient (Wildman–Crippen LogP) is 3.29. The van der Waals surface area contributed by atoms with Crippen molar-refractivity contribution in [2.75, 3.05) is 5.43 Å². The van der Waals surface area contributed by atoms with Gasteiger partial charge in [-0.1, -0.05) is 29.8 Å². The van der Waals surface area contributed by atoms with Crippen molar-refractivity contribution in [3.8, 4) is 5.75 Å². The van der Waals surface area contributed by atoms with E-state index >= 15 is 0 Å². The highest BCUT2D eigenvalue weighted by atomic mass is 35.5. The molecular weight excluding hydrogens is 373 g/mol. The number of anilines is 1. The average molecular weight is 388 g/mol. The Hall–Kier alpha value is -3.26. The van der Waals surface area contributed by atoms with Gasteiger partial charge < -0.3 is 4.74 Å². The highest BCUT2D eigenvalue weighted by molar-refractivity contribution is 6.31. The van der Waals surface area contributed by atoms with E-state index in [1.165, 1.54) is 18.3 Å². The van der Waals surface area contributed by atoms with Crippen LogP contribution in [0.25, 0.3) is 0 Å². The van der Waals surface area contributed by atoms with E-state index in [9.17, 15) is 9.18 Å². The molecule has 3 aromatic rings. The third-order valence-electron chi connectivity index (χ3n) is 3.56. The van der Waals surface area contributed by atoms with Crippen LogP contribution in [0.1, 0.15) is 16.8 Å². The van der Waals surface area contributed by atoms with Crippen LogP contribution in [0.4, 0.5) is 10.2 Å². The van der Waals surface area contributed by atoms with Crippen molar-refractivity contribution in [1.82, 2.24) is 15.2 Å². The van der Waals surface area contributed by atoms with Crippen molar-refractivity contribution in [3.05, 3.63) is 80.6 Å². The predicted molar refractivity (Wildman–Crippen MR) is 101 cm³/mol. The standard InChI is InChI=1S/C18H15ClFN5O2/c1-11-17(22-18(26)25-23-11)24-21-9-12-4-2-5-13(8-12)27-10-14-15(19)6-3-7-16(14)20/h2-9H,10H2,1H3,(H2,22,24,25,26)/b21-9+. The second-order valence-electron chi connectivity index (χ2n) is 5.51. The zero-order valence-corrected chi connectivity index (χ0v) is 15.0. The Balaban J connectivity index is 1.66. The second kappa shape index (κ2) is 8.41. The molecule has 0 unspecified atom stereocenters. The molecule has 0 aliphatic heterocycles. The van der Waals surface area contributed by atoms with Crippen LogP contribution in [0.3, 0.4) is 0 Å². The van der Waals surface area contributed by atoms with Gasteiger partial charge in [0.2, 0.25) is 0 Å². The first-order valence-electron chi connectivity index (χ1n) is 7.91.